The Kier molecular flexibility index (Phi) is 7.05. The molecule has 1 aromatic rings. The second kappa shape index (κ2) is 7.79. The van der Waals surface area contributed by atoms with E-state index in [9.17, 15) is 4.79 Å². The molecular weight excluding hydrogens is 390 g/mol. The topological polar surface area (TPSA) is 29.1 Å². The molecule has 108 valence electrons. The number of rotatable bonds is 7. The van der Waals surface area contributed by atoms with E-state index in [4.69, 9.17) is 0 Å². The minimum Gasteiger partial charge on any atom is -0.351 e. The van der Waals surface area contributed by atoms with E-state index in [-0.39, 0.29) is 11.3 Å². The number of amides is 1. The molecule has 0 atom stereocenters. The Bertz CT molecular complexity index is 429. The van der Waals surface area contributed by atoms with E-state index in [0.717, 1.165) is 20.5 Å². The van der Waals surface area contributed by atoms with E-state index < -0.39 is 0 Å². The van der Waals surface area contributed by atoms with Gasteiger partial charge in [-0.2, -0.15) is 0 Å². The van der Waals surface area contributed by atoms with Gasteiger partial charge in [0.15, 0.2) is 0 Å². The quantitative estimate of drug-likeness (QED) is 0.581. The van der Waals surface area contributed by atoms with Crippen molar-refractivity contribution >= 4 is 49.1 Å². The maximum atomic E-state index is 12.1. The van der Waals surface area contributed by atoms with Crippen molar-refractivity contribution in [1.82, 2.24) is 5.32 Å². The van der Waals surface area contributed by atoms with Crippen LogP contribution in [0.1, 0.15) is 56.8 Å². The molecule has 0 radical (unpaired) electrons. The van der Waals surface area contributed by atoms with Gasteiger partial charge in [0.05, 0.1) is 13.1 Å². The van der Waals surface area contributed by atoms with E-state index in [1.807, 2.05) is 6.07 Å². The number of thiophene rings is 1. The first-order valence-electron chi connectivity index (χ1n) is 6.59. The molecule has 0 aliphatic heterocycles. The monoisotopic (exact) mass is 409 g/mol. The Labute approximate surface area is 136 Å². The molecule has 1 rings (SSSR count). The molecule has 1 N–H and O–H groups in total. The van der Waals surface area contributed by atoms with Crippen LogP contribution >= 0.6 is 43.2 Å². The fourth-order valence-electron chi connectivity index (χ4n) is 1.85. The van der Waals surface area contributed by atoms with Gasteiger partial charge in [0.1, 0.15) is 0 Å². The van der Waals surface area contributed by atoms with Crippen molar-refractivity contribution in [3.05, 3.63) is 19.2 Å². The number of nitrogens with one attached hydrogen (secondary N) is 1. The molecule has 5 heteroatoms. The number of carbonyl (C=O) groups excluding carboxylic acids is 1. The van der Waals surface area contributed by atoms with Crippen molar-refractivity contribution in [2.45, 2.75) is 46.5 Å². The van der Waals surface area contributed by atoms with Gasteiger partial charge in [-0.25, -0.2) is 0 Å². The van der Waals surface area contributed by atoms with Crippen molar-refractivity contribution in [2.24, 2.45) is 5.41 Å². The third kappa shape index (κ3) is 5.96. The van der Waals surface area contributed by atoms with E-state index >= 15 is 0 Å². The SMILES string of the molecule is CCCCCC(C)(C)CNC(=O)c1cc(Br)sc1Br. The molecule has 1 amide bonds. The summed E-state index contributed by atoms with van der Waals surface area (Å²) in [5.74, 6) is -0.00242. The molecule has 0 spiro atoms. The highest BCUT2D eigenvalue weighted by Gasteiger charge is 2.20. The van der Waals surface area contributed by atoms with Gasteiger partial charge >= 0.3 is 0 Å². The van der Waals surface area contributed by atoms with Crippen molar-refractivity contribution in [3.8, 4) is 0 Å². The summed E-state index contributed by atoms with van der Waals surface area (Å²) < 4.78 is 1.84. The van der Waals surface area contributed by atoms with Gasteiger partial charge in [-0.15, -0.1) is 11.3 Å². The van der Waals surface area contributed by atoms with E-state index in [2.05, 4.69) is 57.9 Å². The van der Waals surface area contributed by atoms with E-state index in [1.54, 1.807) is 0 Å². The van der Waals surface area contributed by atoms with Gasteiger partial charge in [0, 0.05) is 6.54 Å². The van der Waals surface area contributed by atoms with Gasteiger partial charge in [-0.3, -0.25) is 4.79 Å². The van der Waals surface area contributed by atoms with Crippen LogP contribution in [0, 0.1) is 5.41 Å². The number of hydrogen-bond acceptors (Lipinski definition) is 2. The van der Waals surface area contributed by atoms with Crippen LogP contribution < -0.4 is 5.32 Å². The minimum absolute atomic E-state index is 0.00242. The highest BCUT2D eigenvalue weighted by atomic mass is 79.9. The van der Waals surface area contributed by atoms with Crippen LogP contribution in [0.4, 0.5) is 0 Å². The fraction of sp³-hybridized carbons (Fsp3) is 0.643. The standard InChI is InChI=1S/C14H21Br2NOS/c1-4-5-6-7-14(2,3)9-17-13(18)10-8-11(15)19-12(10)16/h8H,4-7,9H2,1-3H3,(H,17,18). The molecular formula is C14H21Br2NOS. The average Bonchev–Trinajstić information content (AvgIpc) is 2.66. The maximum absolute atomic E-state index is 12.1. The molecule has 0 aromatic carbocycles. The van der Waals surface area contributed by atoms with Crippen LogP contribution in [0.25, 0.3) is 0 Å². The Morgan fingerprint density at radius 3 is 2.58 bits per heavy atom. The summed E-state index contributed by atoms with van der Waals surface area (Å²) in [6.07, 6.45) is 4.88. The molecule has 0 bridgehead atoms. The fourth-order valence-corrected chi connectivity index (χ4v) is 4.65. The molecule has 0 aliphatic rings. The lowest BCUT2D eigenvalue weighted by molar-refractivity contribution is 0.0934. The first-order chi connectivity index (χ1) is 8.85. The van der Waals surface area contributed by atoms with Crippen LogP contribution in [-0.2, 0) is 0 Å². The number of carbonyl (C=O) groups is 1. The summed E-state index contributed by atoms with van der Waals surface area (Å²) in [7, 11) is 0. The summed E-state index contributed by atoms with van der Waals surface area (Å²) in [4.78, 5) is 12.1. The molecule has 0 fully saturated rings. The summed E-state index contributed by atoms with van der Waals surface area (Å²) in [5.41, 5.74) is 0.867. The number of halogens is 2. The molecule has 0 saturated heterocycles. The van der Waals surface area contributed by atoms with Crippen molar-refractivity contribution < 1.29 is 4.79 Å². The lowest BCUT2D eigenvalue weighted by Gasteiger charge is -2.24. The molecule has 0 saturated carbocycles. The van der Waals surface area contributed by atoms with E-state index in [1.165, 1.54) is 30.6 Å². The highest BCUT2D eigenvalue weighted by molar-refractivity contribution is 9.12. The molecule has 0 aliphatic carbocycles. The zero-order valence-electron chi connectivity index (χ0n) is 11.7. The summed E-state index contributed by atoms with van der Waals surface area (Å²) in [5, 5.41) is 3.04. The van der Waals surface area contributed by atoms with Crippen LogP contribution in [0.2, 0.25) is 0 Å². The Morgan fingerprint density at radius 2 is 2.05 bits per heavy atom. The molecule has 19 heavy (non-hydrogen) atoms. The zero-order chi connectivity index (χ0) is 14.5. The lowest BCUT2D eigenvalue weighted by Crippen LogP contribution is -2.33. The van der Waals surface area contributed by atoms with Crippen LogP contribution in [0.15, 0.2) is 13.6 Å². The van der Waals surface area contributed by atoms with Crippen LogP contribution in [0.5, 0.6) is 0 Å². The summed E-state index contributed by atoms with van der Waals surface area (Å²) in [6, 6.07) is 1.86. The average molecular weight is 411 g/mol. The van der Waals surface area contributed by atoms with Crippen molar-refractivity contribution in [2.75, 3.05) is 6.54 Å². The maximum Gasteiger partial charge on any atom is 0.253 e. The summed E-state index contributed by atoms with van der Waals surface area (Å²) in [6.45, 7) is 7.35. The molecule has 1 aromatic heterocycles. The first-order valence-corrected chi connectivity index (χ1v) is 8.99. The predicted octanol–water partition coefficient (Wildman–Crippen LogP) is 5.61. The third-order valence-electron chi connectivity index (χ3n) is 3.09. The zero-order valence-corrected chi connectivity index (χ0v) is 15.7. The van der Waals surface area contributed by atoms with Gasteiger partial charge in [-0.05, 0) is 49.8 Å². The van der Waals surface area contributed by atoms with Gasteiger partial charge < -0.3 is 5.32 Å². The lowest BCUT2D eigenvalue weighted by atomic mass is 9.87. The second-order valence-electron chi connectivity index (χ2n) is 5.54. The number of unbranched alkanes of at least 4 members (excludes halogenated alkanes) is 2. The van der Waals surface area contributed by atoms with Crippen LogP contribution in [-0.4, -0.2) is 12.5 Å². The molecule has 2 nitrogen and oxygen atoms in total. The first kappa shape index (κ1) is 17.2. The second-order valence-corrected chi connectivity index (χ2v) is 9.29. The Morgan fingerprint density at radius 1 is 1.37 bits per heavy atom. The van der Waals surface area contributed by atoms with Crippen molar-refractivity contribution in [1.29, 1.82) is 0 Å². The van der Waals surface area contributed by atoms with Gasteiger partial charge in [-0.1, -0.05) is 40.0 Å². The van der Waals surface area contributed by atoms with E-state index in [0.29, 0.717) is 5.56 Å². The normalized spacial score (nSPS) is 11.6. The Hall–Kier alpha value is 0.130. The predicted molar refractivity (Wildman–Crippen MR) is 90.0 cm³/mol. The Balaban J connectivity index is 2.47. The minimum atomic E-state index is -0.00242. The van der Waals surface area contributed by atoms with Crippen molar-refractivity contribution in [3.63, 3.8) is 0 Å². The number of hydrogen-bond donors (Lipinski definition) is 1. The third-order valence-corrected chi connectivity index (χ3v) is 5.43. The smallest absolute Gasteiger partial charge is 0.253 e. The van der Waals surface area contributed by atoms with Gasteiger partial charge in [0.25, 0.3) is 5.91 Å². The largest absolute Gasteiger partial charge is 0.351 e. The van der Waals surface area contributed by atoms with Gasteiger partial charge in [0.2, 0.25) is 0 Å². The highest BCUT2D eigenvalue weighted by Crippen LogP contribution is 2.32. The molecule has 0 unspecified atom stereocenters. The van der Waals surface area contributed by atoms with Crippen LogP contribution in [0.3, 0.4) is 0 Å². The molecule has 1 heterocycles. The summed E-state index contributed by atoms with van der Waals surface area (Å²) >= 11 is 8.33.